The topological polar surface area (TPSA) is 52.6 Å². The molecule has 1 aliphatic carbocycles. The number of carbonyl (C=O) groups is 2. The lowest BCUT2D eigenvalue weighted by atomic mass is 10.4. The van der Waals surface area contributed by atoms with Crippen molar-refractivity contribution in [1.82, 2.24) is 0 Å². The Labute approximate surface area is 97.1 Å². The van der Waals surface area contributed by atoms with E-state index in [2.05, 4.69) is 4.74 Å². The molecule has 4 nitrogen and oxygen atoms in total. The summed E-state index contributed by atoms with van der Waals surface area (Å²) in [7, 11) is 0. The van der Waals surface area contributed by atoms with E-state index < -0.39 is 10.8 Å². The molecule has 0 bridgehead atoms. The van der Waals surface area contributed by atoms with Gasteiger partial charge in [0.05, 0.1) is 12.2 Å². The third-order valence-corrected chi connectivity index (χ3v) is 2.05. The fourth-order valence-corrected chi connectivity index (χ4v) is 0.889. The van der Waals surface area contributed by atoms with E-state index in [-0.39, 0.29) is 18.5 Å². The predicted octanol–water partition coefficient (Wildman–Crippen LogP) is 1.80. The van der Waals surface area contributed by atoms with Crippen LogP contribution in [-0.4, -0.2) is 23.4 Å². The zero-order valence-corrected chi connectivity index (χ0v) is 9.33. The van der Waals surface area contributed by atoms with Crippen molar-refractivity contribution in [3.63, 3.8) is 0 Å². The second kappa shape index (κ2) is 5.98. The number of hydrogen-bond acceptors (Lipinski definition) is 4. The first-order chi connectivity index (χ1) is 7.11. The van der Waals surface area contributed by atoms with Gasteiger partial charge < -0.3 is 9.47 Å². The average Bonchev–Trinajstić information content (AvgIpc) is 2.99. The van der Waals surface area contributed by atoms with Crippen LogP contribution in [0.2, 0.25) is 0 Å². The van der Waals surface area contributed by atoms with Gasteiger partial charge in [0.15, 0.2) is 0 Å². The summed E-state index contributed by atoms with van der Waals surface area (Å²) >= 11 is 10.4. The summed E-state index contributed by atoms with van der Waals surface area (Å²) in [6, 6.07) is 0. The molecule has 1 fully saturated rings. The van der Waals surface area contributed by atoms with Crippen molar-refractivity contribution in [3.8, 4) is 0 Å². The van der Waals surface area contributed by atoms with Crippen LogP contribution in [0.3, 0.4) is 0 Å². The van der Waals surface area contributed by atoms with Crippen LogP contribution in [0.15, 0.2) is 12.3 Å². The van der Waals surface area contributed by atoms with Crippen molar-refractivity contribution in [3.05, 3.63) is 12.3 Å². The molecule has 0 spiro atoms. The van der Waals surface area contributed by atoms with Crippen LogP contribution in [0, 0.1) is 5.92 Å². The molecular formula is C9H10Cl2O4. The Hall–Kier alpha value is -0.740. The standard InChI is InChI=1S/C9H10Cl2O4/c10-7(11)9(13)15-5-1-4-14-8(12)6-2-3-6/h1,4,6-7H,2-3,5H2/b4-1-. The molecule has 0 amide bonds. The van der Waals surface area contributed by atoms with Crippen LogP contribution < -0.4 is 0 Å². The Morgan fingerprint density at radius 1 is 1.40 bits per heavy atom. The third kappa shape index (κ3) is 5.04. The minimum Gasteiger partial charge on any atom is -0.459 e. The fraction of sp³-hybridized carbons (Fsp3) is 0.556. The van der Waals surface area contributed by atoms with Crippen molar-refractivity contribution < 1.29 is 19.1 Å². The van der Waals surface area contributed by atoms with Gasteiger partial charge >= 0.3 is 11.9 Å². The third-order valence-electron chi connectivity index (χ3n) is 1.69. The van der Waals surface area contributed by atoms with Gasteiger partial charge in [0.2, 0.25) is 4.84 Å². The molecule has 0 heterocycles. The summed E-state index contributed by atoms with van der Waals surface area (Å²) < 4.78 is 9.31. The minimum absolute atomic E-state index is 0.0211. The van der Waals surface area contributed by atoms with Gasteiger partial charge in [-0.25, -0.2) is 4.79 Å². The summed E-state index contributed by atoms with van der Waals surface area (Å²) in [5, 5.41) is 0. The minimum atomic E-state index is -1.19. The SMILES string of the molecule is O=C(OC/C=C\OC(=O)C1CC1)C(Cl)Cl. The zero-order chi connectivity index (χ0) is 11.3. The van der Waals surface area contributed by atoms with Gasteiger partial charge in [0.1, 0.15) is 6.61 Å². The number of hydrogen-bond donors (Lipinski definition) is 0. The monoisotopic (exact) mass is 252 g/mol. The van der Waals surface area contributed by atoms with E-state index in [1.54, 1.807) is 0 Å². The molecule has 0 aromatic heterocycles. The van der Waals surface area contributed by atoms with Gasteiger partial charge in [0, 0.05) is 0 Å². The van der Waals surface area contributed by atoms with Gasteiger partial charge in [0.25, 0.3) is 0 Å². The van der Waals surface area contributed by atoms with Crippen LogP contribution >= 0.6 is 23.2 Å². The molecule has 0 N–H and O–H groups in total. The second-order valence-electron chi connectivity index (χ2n) is 3.01. The molecule has 1 aliphatic rings. The summed E-state index contributed by atoms with van der Waals surface area (Å²) in [5.74, 6) is -0.922. The first-order valence-electron chi connectivity index (χ1n) is 4.41. The first kappa shape index (κ1) is 12.3. The number of esters is 2. The van der Waals surface area contributed by atoms with Crippen LogP contribution in [0.4, 0.5) is 0 Å². The quantitative estimate of drug-likeness (QED) is 0.426. The molecule has 0 radical (unpaired) electrons. The molecule has 15 heavy (non-hydrogen) atoms. The number of carbonyl (C=O) groups excluding carboxylic acids is 2. The lowest BCUT2D eigenvalue weighted by Gasteiger charge is -2.00. The van der Waals surface area contributed by atoms with Gasteiger partial charge in [-0.1, -0.05) is 23.2 Å². The molecule has 0 aromatic carbocycles. The Morgan fingerprint density at radius 2 is 2.07 bits per heavy atom. The van der Waals surface area contributed by atoms with E-state index in [1.807, 2.05) is 0 Å². The van der Waals surface area contributed by atoms with Gasteiger partial charge in [-0.15, -0.1) is 0 Å². The maximum atomic E-state index is 11.0. The molecule has 0 aromatic rings. The van der Waals surface area contributed by atoms with E-state index in [9.17, 15) is 9.59 Å². The zero-order valence-electron chi connectivity index (χ0n) is 7.82. The van der Waals surface area contributed by atoms with E-state index in [0.717, 1.165) is 12.8 Å². The van der Waals surface area contributed by atoms with E-state index >= 15 is 0 Å². The smallest absolute Gasteiger partial charge is 0.339 e. The molecule has 0 atom stereocenters. The Kier molecular flexibility index (Phi) is 4.91. The van der Waals surface area contributed by atoms with Gasteiger partial charge in [-0.3, -0.25) is 4.79 Å². The van der Waals surface area contributed by atoms with Crippen molar-refractivity contribution >= 4 is 35.1 Å². The van der Waals surface area contributed by atoms with Crippen LogP contribution in [-0.2, 0) is 19.1 Å². The van der Waals surface area contributed by atoms with Crippen molar-refractivity contribution in [2.45, 2.75) is 17.7 Å². The molecular weight excluding hydrogens is 243 g/mol. The van der Waals surface area contributed by atoms with E-state index in [4.69, 9.17) is 27.9 Å². The highest BCUT2D eigenvalue weighted by atomic mass is 35.5. The molecule has 1 rings (SSSR count). The van der Waals surface area contributed by atoms with Crippen LogP contribution in [0.25, 0.3) is 0 Å². The van der Waals surface area contributed by atoms with E-state index in [0.29, 0.717) is 0 Å². The van der Waals surface area contributed by atoms with Gasteiger partial charge in [-0.2, -0.15) is 0 Å². The summed E-state index contributed by atoms with van der Waals surface area (Å²) in [5.41, 5.74) is 0. The molecule has 0 unspecified atom stereocenters. The Balaban J connectivity index is 2.06. The number of rotatable bonds is 5. The van der Waals surface area contributed by atoms with Gasteiger partial charge in [-0.05, 0) is 18.9 Å². The highest BCUT2D eigenvalue weighted by Gasteiger charge is 2.30. The van der Waals surface area contributed by atoms with Crippen LogP contribution in [0.1, 0.15) is 12.8 Å². The molecule has 84 valence electrons. The lowest BCUT2D eigenvalue weighted by Crippen LogP contribution is -2.12. The summed E-state index contributed by atoms with van der Waals surface area (Å²) in [4.78, 5) is 20.5. The van der Waals surface area contributed by atoms with E-state index in [1.165, 1.54) is 12.3 Å². The second-order valence-corrected chi connectivity index (χ2v) is 4.11. The first-order valence-corrected chi connectivity index (χ1v) is 5.29. The molecule has 6 heteroatoms. The van der Waals surface area contributed by atoms with Crippen molar-refractivity contribution in [2.75, 3.05) is 6.61 Å². The number of halogens is 2. The molecule has 1 saturated carbocycles. The highest BCUT2D eigenvalue weighted by Crippen LogP contribution is 2.30. The van der Waals surface area contributed by atoms with Crippen molar-refractivity contribution in [2.24, 2.45) is 5.92 Å². The highest BCUT2D eigenvalue weighted by molar-refractivity contribution is 6.52. The van der Waals surface area contributed by atoms with Crippen molar-refractivity contribution in [1.29, 1.82) is 0 Å². The fourth-order valence-electron chi connectivity index (χ4n) is 0.763. The number of alkyl halides is 2. The maximum absolute atomic E-state index is 11.0. The number of ether oxygens (including phenoxy) is 2. The molecule has 0 aliphatic heterocycles. The Morgan fingerprint density at radius 3 is 2.60 bits per heavy atom. The lowest BCUT2D eigenvalue weighted by molar-refractivity contribution is -0.140. The predicted molar refractivity (Wildman–Crippen MR) is 54.4 cm³/mol. The normalized spacial score (nSPS) is 15.7. The Bertz CT molecular complexity index is 271. The summed E-state index contributed by atoms with van der Waals surface area (Å²) in [6.07, 6.45) is 4.38. The van der Waals surface area contributed by atoms with Crippen LogP contribution in [0.5, 0.6) is 0 Å². The average molecular weight is 253 g/mol. The molecule has 0 saturated heterocycles. The maximum Gasteiger partial charge on any atom is 0.339 e. The summed E-state index contributed by atoms with van der Waals surface area (Å²) in [6.45, 7) is -0.0211. The largest absolute Gasteiger partial charge is 0.459 e.